The van der Waals surface area contributed by atoms with E-state index in [1.54, 1.807) is 6.07 Å². The number of aromatic hydroxyl groups is 1. The van der Waals surface area contributed by atoms with Gasteiger partial charge < -0.3 is 10.4 Å². The third-order valence-corrected chi connectivity index (χ3v) is 3.17. The van der Waals surface area contributed by atoms with Crippen LogP contribution in [-0.2, 0) is 0 Å². The smallest absolute Gasteiger partial charge is 0.265 e. The molecule has 0 atom stereocenters. The fraction of sp³-hybridized carbons (Fsp3) is 0.0833. The van der Waals surface area contributed by atoms with E-state index < -0.39 is 11.6 Å². The lowest BCUT2D eigenvalue weighted by Crippen LogP contribution is -2.10. The number of phenols is 1. The van der Waals surface area contributed by atoms with Gasteiger partial charge in [0.25, 0.3) is 5.91 Å². The molecular weight excluding hydrogens is 241 g/mol. The Labute approximate surface area is 102 Å². The summed E-state index contributed by atoms with van der Waals surface area (Å²) in [6.07, 6.45) is 0. The number of thiophene rings is 1. The summed E-state index contributed by atoms with van der Waals surface area (Å²) in [6, 6.07) is 7.28. The highest BCUT2D eigenvalue weighted by Gasteiger charge is 2.09. The molecule has 2 aromatic rings. The first-order valence-corrected chi connectivity index (χ1v) is 5.74. The third kappa shape index (κ3) is 2.62. The van der Waals surface area contributed by atoms with Crippen molar-refractivity contribution < 1.29 is 14.3 Å². The van der Waals surface area contributed by atoms with Crippen LogP contribution in [0.4, 0.5) is 10.1 Å². The molecule has 0 aliphatic rings. The average molecular weight is 251 g/mol. The quantitative estimate of drug-likeness (QED) is 0.805. The zero-order valence-corrected chi connectivity index (χ0v) is 9.84. The second-order valence-corrected chi connectivity index (χ2v) is 4.82. The molecule has 0 fully saturated rings. The molecule has 3 nitrogen and oxygen atoms in total. The first kappa shape index (κ1) is 11.6. The molecule has 1 amide bonds. The Hall–Kier alpha value is -1.88. The van der Waals surface area contributed by atoms with Crippen LogP contribution in [0.3, 0.4) is 0 Å². The Morgan fingerprint density at radius 1 is 1.35 bits per heavy atom. The van der Waals surface area contributed by atoms with Crippen molar-refractivity contribution >= 4 is 22.9 Å². The van der Waals surface area contributed by atoms with Gasteiger partial charge in [-0.2, -0.15) is 0 Å². The molecule has 0 saturated carbocycles. The van der Waals surface area contributed by atoms with Crippen LogP contribution in [-0.4, -0.2) is 11.0 Å². The number of carbonyl (C=O) groups excluding carboxylic acids is 1. The van der Waals surface area contributed by atoms with Crippen molar-refractivity contribution in [2.45, 2.75) is 6.92 Å². The van der Waals surface area contributed by atoms with Gasteiger partial charge in [-0.3, -0.25) is 4.79 Å². The molecule has 0 spiro atoms. The summed E-state index contributed by atoms with van der Waals surface area (Å²) in [5, 5.41) is 11.6. The number of nitrogens with one attached hydrogen (secondary N) is 1. The van der Waals surface area contributed by atoms with Gasteiger partial charge in [0.2, 0.25) is 0 Å². The molecule has 17 heavy (non-hydrogen) atoms. The number of carbonyl (C=O) groups is 1. The minimum Gasteiger partial charge on any atom is -0.505 e. The summed E-state index contributed by atoms with van der Waals surface area (Å²) in [6.45, 7) is 1.90. The van der Waals surface area contributed by atoms with Crippen LogP contribution in [0.5, 0.6) is 5.75 Å². The van der Waals surface area contributed by atoms with Crippen molar-refractivity contribution in [2.24, 2.45) is 0 Å². The number of hydrogen-bond donors (Lipinski definition) is 2. The summed E-state index contributed by atoms with van der Waals surface area (Å²) in [4.78, 5) is 13.3. The number of amides is 1. The van der Waals surface area contributed by atoms with Crippen LogP contribution in [0.25, 0.3) is 0 Å². The Bertz CT molecular complexity index is 565. The van der Waals surface area contributed by atoms with Crippen molar-refractivity contribution in [3.8, 4) is 5.75 Å². The number of rotatable bonds is 2. The number of aryl methyl sites for hydroxylation is 1. The highest BCUT2D eigenvalue weighted by Crippen LogP contribution is 2.21. The Balaban J connectivity index is 2.15. The molecular formula is C12H10FNO2S. The van der Waals surface area contributed by atoms with Crippen molar-refractivity contribution in [2.75, 3.05) is 5.32 Å². The molecule has 0 aliphatic carbocycles. The van der Waals surface area contributed by atoms with Crippen molar-refractivity contribution in [3.05, 3.63) is 45.9 Å². The summed E-state index contributed by atoms with van der Waals surface area (Å²) in [7, 11) is 0. The van der Waals surface area contributed by atoms with Gasteiger partial charge in [-0.1, -0.05) is 0 Å². The van der Waals surface area contributed by atoms with Gasteiger partial charge in [0.05, 0.1) is 4.88 Å². The number of phenolic OH excluding ortho intramolecular Hbond substituents is 1. The van der Waals surface area contributed by atoms with Gasteiger partial charge in [0.15, 0.2) is 11.6 Å². The molecule has 1 aromatic carbocycles. The number of hydrogen-bond acceptors (Lipinski definition) is 3. The number of benzene rings is 1. The van der Waals surface area contributed by atoms with Crippen LogP contribution >= 0.6 is 11.3 Å². The molecule has 1 heterocycles. The maximum absolute atomic E-state index is 13.0. The van der Waals surface area contributed by atoms with Gasteiger partial charge in [-0.05, 0) is 31.2 Å². The van der Waals surface area contributed by atoms with E-state index in [0.717, 1.165) is 10.9 Å². The van der Waals surface area contributed by atoms with E-state index in [9.17, 15) is 9.18 Å². The summed E-state index contributed by atoms with van der Waals surface area (Å²) in [5.74, 6) is -1.48. The molecule has 2 rings (SSSR count). The third-order valence-electron chi connectivity index (χ3n) is 2.17. The average Bonchev–Trinajstić information content (AvgIpc) is 2.70. The zero-order valence-electron chi connectivity index (χ0n) is 9.03. The Morgan fingerprint density at radius 3 is 2.71 bits per heavy atom. The lowest BCUT2D eigenvalue weighted by atomic mass is 10.3. The largest absolute Gasteiger partial charge is 0.505 e. The van der Waals surface area contributed by atoms with Crippen molar-refractivity contribution in [1.82, 2.24) is 0 Å². The zero-order chi connectivity index (χ0) is 12.4. The second kappa shape index (κ2) is 4.55. The normalized spacial score (nSPS) is 10.2. The highest BCUT2D eigenvalue weighted by molar-refractivity contribution is 7.14. The molecule has 0 bridgehead atoms. The van der Waals surface area contributed by atoms with Gasteiger partial charge in [0, 0.05) is 16.6 Å². The summed E-state index contributed by atoms with van der Waals surface area (Å²) in [5.41, 5.74) is 0.316. The molecule has 0 saturated heterocycles. The van der Waals surface area contributed by atoms with Gasteiger partial charge in [0.1, 0.15) is 0 Å². The van der Waals surface area contributed by atoms with E-state index in [4.69, 9.17) is 5.11 Å². The molecule has 0 aliphatic heterocycles. The molecule has 0 unspecified atom stereocenters. The fourth-order valence-corrected chi connectivity index (χ4v) is 2.10. The van der Waals surface area contributed by atoms with Crippen LogP contribution in [0.15, 0.2) is 30.3 Å². The molecule has 2 N–H and O–H groups in total. The monoisotopic (exact) mass is 251 g/mol. The summed E-state index contributed by atoms with van der Waals surface area (Å²) >= 11 is 1.37. The Kier molecular flexibility index (Phi) is 3.10. The lowest BCUT2D eigenvalue weighted by Gasteiger charge is -2.04. The maximum Gasteiger partial charge on any atom is 0.265 e. The van der Waals surface area contributed by atoms with Crippen molar-refractivity contribution in [3.63, 3.8) is 0 Å². The fourth-order valence-electron chi connectivity index (χ4n) is 1.33. The van der Waals surface area contributed by atoms with Gasteiger partial charge >= 0.3 is 0 Å². The first-order valence-electron chi connectivity index (χ1n) is 4.92. The predicted octanol–water partition coefficient (Wildman–Crippen LogP) is 3.15. The van der Waals surface area contributed by atoms with E-state index in [0.29, 0.717) is 10.6 Å². The first-order chi connectivity index (χ1) is 8.06. The summed E-state index contributed by atoms with van der Waals surface area (Å²) < 4.78 is 13.0. The highest BCUT2D eigenvalue weighted by atomic mass is 32.1. The van der Waals surface area contributed by atoms with E-state index in [1.807, 2.05) is 13.0 Å². The molecule has 0 radical (unpaired) electrons. The van der Waals surface area contributed by atoms with Crippen LogP contribution in [0.2, 0.25) is 0 Å². The molecule has 5 heteroatoms. The van der Waals surface area contributed by atoms with E-state index in [-0.39, 0.29) is 5.91 Å². The van der Waals surface area contributed by atoms with Gasteiger partial charge in [-0.15, -0.1) is 11.3 Å². The SMILES string of the molecule is Cc1ccc(C(=O)Nc2ccc(O)c(F)c2)s1. The Morgan fingerprint density at radius 2 is 2.12 bits per heavy atom. The minimum atomic E-state index is -0.759. The number of anilines is 1. The topological polar surface area (TPSA) is 49.3 Å². The van der Waals surface area contributed by atoms with Crippen LogP contribution in [0.1, 0.15) is 14.5 Å². The van der Waals surface area contributed by atoms with E-state index in [1.165, 1.54) is 23.5 Å². The standard InChI is InChI=1S/C12H10FNO2S/c1-7-2-5-11(17-7)12(16)14-8-3-4-10(15)9(13)6-8/h2-6,15H,1H3,(H,14,16). The predicted molar refractivity (Wildman–Crippen MR) is 65.1 cm³/mol. The molecule has 88 valence electrons. The number of halogens is 1. The van der Waals surface area contributed by atoms with Crippen LogP contribution in [0, 0.1) is 12.7 Å². The van der Waals surface area contributed by atoms with E-state index >= 15 is 0 Å². The minimum absolute atomic E-state index is 0.284. The molecule has 1 aromatic heterocycles. The van der Waals surface area contributed by atoms with Crippen molar-refractivity contribution in [1.29, 1.82) is 0 Å². The lowest BCUT2D eigenvalue weighted by molar-refractivity contribution is 0.103. The van der Waals surface area contributed by atoms with E-state index in [2.05, 4.69) is 5.32 Å². The maximum atomic E-state index is 13.0. The van der Waals surface area contributed by atoms with Crippen LogP contribution < -0.4 is 5.32 Å². The second-order valence-electron chi connectivity index (χ2n) is 3.53. The van der Waals surface area contributed by atoms with Gasteiger partial charge in [-0.25, -0.2) is 4.39 Å².